The molecule has 1 saturated carbocycles. The average Bonchev–Trinajstić information content (AvgIpc) is 2.30. The molecule has 1 heteroatoms. The molecule has 1 aromatic rings. The fourth-order valence-electron chi connectivity index (χ4n) is 2.83. The van der Waals surface area contributed by atoms with Crippen LogP contribution in [0.3, 0.4) is 0 Å². The summed E-state index contributed by atoms with van der Waals surface area (Å²) in [7, 11) is 0. The maximum absolute atomic E-state index is 6.04. The zero-order chi connectivity index (χ0) is 10.7. The normalized spacial score (nSPS) is 26.5. The molecule has 1 fully saturated rings. The predicted molar refractivity (Wildman–Crippen MR) is 65.8 cm³/mol. The van der Waals surface area contributed by atoms with Gasteiger partial charge in [-0.05, 0) is 36.3 Å². The third-order valence-electron chi connectivity index (χ3n) is 3.80. The molecule has 0 amide bonds. The second-order valence-electron chi connectivity index (χ2n) is 4.77. The van der Waals surface area contributed by atoms with E-state index >= 15 is 0 Å². The Kier molecular flexibility index (Phi) is 3.30. The molecule has 0 aromatic heterocycles. The van der Waals surface area contributed by atoms with Crippen molar-refractivity contribution in [2.24, 2.45) is 5.92 Å². The summed E-state index contributed by atoms with van der Waals surface area (Å²) < 4.78 is 0. The van der Waals surface area contributed by atoms with Crippen LogP contribution in [0.25, 0.3) is 0 Å². The summed E-state index contributed by atoms with van der Waals surface area (Å²) in [5, 5.41) is 0. The van der Waals surface area contributed by atoms with Crippen molar-refractivity contribution in [3.8, 4) is 0 Å². The molecule has 0 radical (unpaired) electrons. The van der Waals surface area contributed by atoms with E-state index < -0.39 is 0 Å². The van der Waals surface area contributed by atoms with Gasteiger partial charge in [-0.1, -0.05) is 44.4 Å². The van der Waals surface area contributed by atoms with E-state index in [0.717, 1.165) is 11.6 Å². The van der Waals surface area contributed by atoms with E-state index in [-0.39, 0.29) is 0 Å². The molecule has 1 nitrogen and oxygen atoms in total. The molecule has 0 heterocycles. The number of rotatable bonds is 2. The molecular formula is C14H21N. The van der Waals surface area contributed by atoms with Gasteiger partial charge in [0.25, 0.3) is 0 Å². The minimum atomic E-state index is 0.713. The largest absolute Gasteiger partial charge is 0.398 e. The summed E-state index contributed by atoms with van der Waals surface area (Å²) >= 11 is 0. The van der Waals surface area contributed by atoms with Gasteiger partial charge in [-0.2, -0.15) is 0 Å². The Morgan fingerprint density at radius 3 is 2.80 bits per heavy atom. The molecule has 0 saturated heterocycles. The lowest BCUT2D eigenvalue weighted by atomic mass is 9.77. The quantitative estimate of drug-likeness (QED) is 0.723. The van der Waals surface area contributed by atoms with E-state index in [9.17, 15) is 0 Å². The lowest BCUT2D eigenvalue weighted by Gasteiger charge is -2.29. The number of nitrogens with two attached hydrogens (primary N) is 1. The smallest absolute Gasteiger partial charge is 0.0349 e. The highest BCUT2D eigenvalue weighted by Gasteiger charge is 2.22. The Balaban J connectivity index is 2.13. The van der Waals surface area contributed by atoms with E-state index in [4.69, 9.17) is 5.73 Å². The molecule has 0 unspecified atom stereocenters. The van der Waals surface area contributed by atoms with Crippen molar-refractivity contribution in [2.75, 3.05) is 5.73 Å². The Bertz CT molecular complexity index is 319. The van der Waals surface area contributed by atoms with Crippen LogP contribution in [-0.2, 0) is 0 Å². The van der Waals surface area contributed by atoms with Crippen LogP contribution in [0.15, 0.2) is 24.3 Å². The van der Waals surface area contributed by atoms with Crippen molar-refractivity contribution in [1.29, 1.82) is 0 Å². The number of hydrogen-bond donors (Lipinski definition) is 1. The van der Waals surface area contributed by atoms with Crippen molar-refractivity contribution in [3.63, 3.8) is 0 Å². The fourth-order valence-corrected chi connectivity index (χ4v) is 2.83. The molecule has 82 valence electrons. The molecular weight excluding hydrogens is 182 g/mol. The van der Waals surface area contributed by atoms with Crippen LogP contribution in [0.5, 0.6) is 0 Å². The number of hydrogen-bond acceptors (Lipinski definition) is 1. The van der Waals surface area contributed by atoms with E-state index in [0.29, 0.717) is 5.92 Å². The third kappa shape index (κ3) is 2.34. The summed E-state index contributed by atoms with van der Waals surface area (Å²) in [6.07, 6.45) is 6.77. The van der Waals surface area contributed by atoms with Crippen molar-refractivity contribution < 1.29 is 0 Å². The first kappa shape index (κ1) is 10.5. The highest BCUT2D eigenvalue weighted by molar-refractivity contribution is 5.48. The molecule has 1 aliphatic rings. The molecule has 1 aromatic carbocycles. The van der Waals surface area contributed by atoms with Gasteiger partial charge < -0.3 is 5.73 Å². The highest BCUT2D eigenvalue weighted by Crippen LogP contribution is 2.39. The van der Waals surface area contributed by atoms with Gasteiger partial charge >= 0.3 is 0 Å². The van der Waals surface area contributed by atoms with Gasteiger partial charge in [0.1, 0.15) is 0 Å². The first-order chi connectivity index (χ1) is 7.31. The number of benzene rings is 1. The van der Waals surface area contributed by atoms with Gasteiger partial charge in [-0.3, -0.25) is 0 Å². The zero-order valence-corrected chi connectivity index (χ0v) is 9.58. The summed E-state index contributed by atoms with van der Waals surface area (Å²) in [5.74, 6) is 1.63. The SMILES string of the molecule is CC[C@H]1CCC[C@@H](c2ccccc2N)C1. The van der Waals surface area contributed by atoms with Gasteiger partial charge in [-0.25, -0.2) is 0 Å². The van der Waals surface area contributed by atoms with Gasteiger partial charge in [0.15, 0.2) is 0 Å². The second kappa shape index (κ2) is 4.69. The van der Waals surface area contributed by atoms with Crippen LogP contribution in [0.1, 0.15) is 50.5 Å². The monoisotopic (exact) mass is 203 g/mol. The van der Waals surface area contributed by atoms with Crippen molar-refractivity contribution in [2.45, 2.75) is 44.9 Å². The van der Waals surface area contributed by atoms with E-state index in [2.05, 4.69) is 19.1 Å². The number of nitrogen functional groups attached to an aromatic ring is 1. The van der Waals surface area contributed by atoms with Crippen LogP contribution in [-0.4, -0.2) is 0 Å². The van der Waals surface area contributed by atoms with Crippen molar-refractivity contribution in [1.82, 2.24) is 0 Å². The van der Waals surface area contributed by atoms with Gasteiger partial charge in [0, 0.05) is 5.69 Å². The lowest BCUT2D eigenvalue weighted by molar-refractivity contribution is 0.315. The molecule has 1 aliphatic carbocycles. The molecule has 2 rings (SSSR count). The van der Waals surface area contributed by atoms with E-state index in [1.54, 1.807) is 0 Å². The molecule has 2 atom stereocenters. The van der Waals surface area contributed by atoms with Crippen LogP contribution in [0.4, 0.5) is 5.69 Å². The summed E-state index contributed by atoms with van der Waals surface area (Å²) in [6, 6.07) is 8.38. The zero-order valence-electron chi connectivity index (χ0n) is 9.58. The maximum Gasteiger partial charge on any atom is 0.0349 e. The topological polar surface area (TPSA) is 26.0 Å². The predicted octanol–water partition coefficient (Wildman–Crippen LogP) is 3.95. The minimum Gasteiger partial charge on any atom is -0.398 e. The van der Waals surface area contributed by atoms with Gasteiger partial charge in [0.05, 0.1) is 0 Å². The Labute approximate surface area is 92.7 Å². The summed E-state index contributed by atoms with van der Waals surface area (Å²) in [4.78, 5) is 0. The lowest BCUT2D eigenvalue weighted by Crippen LogP contribution is -2.14. The fraction of sp³-hybridized carbons (Fsp3) is 0.571. The highest BCUT2D eigenvalue weighted by atomic mass is 14.6. The summed E-state index contributed by atoms with van der Waals surface area (Å²) in [6.45, 7) is 2.31. The molecule has 0 bridgehead atoms. The standard InChI is InChI=1S/C14H21N/c1-2-11-6-5-7-12(10-11)13-8-3-4-9-14(13)15/h3-4,8-9,11-12H,2,5-7,10,15H2,1H3/t11-,12+/m0/s1. The van der Waals surface area contributed by atoms with Crippen molar-refractivity contribution in [3.05, 3.63) is 29.8 Å². The minimum absolute atomic E-state index is 0.713. The molecule has 0 aliphatic heterocycles. The maximum atomic E-state index is 6.04. The van der Waals surface area contributed by atoms with Gasteiger partial charge in [-0.15, -0.1) is 0 Å². The molecule has 0 spiro atoms. The van der Waals surface area contributed by atoms with E-state index in [1.165, 1.54) is 37.7 Å². The van der Waals surface area contributed by atoms with Gasteiger partial charge in [0.2, 0.25) is 0 Å². The Hall–Kier alpha value is -0.980. The first-order valence-corrected chi connectivity index (χ1v) is 6.15. The van der Waals surface area contributed by atoms with Crippen LogP contribution < -0.4 is 5.73 Å². The molecule has 15 heavy (non-hydrogen) atoms. The van der Waals surface area contributed by atoms with E-state index in [1.807, 2.05) is 12.1 Å². The van der Waals surface area contributed by atoms with Crippen molar-refractivity contribution >= 4 is 5.69 Å². The van der Waals surface area contributed by atoms with Crippen LogP contribution in [0.2, 0.25) is 0 Å². The Morgan fingerprint density at radius 1 is 1.27 bits per heavy atom. The third-order valence-corrected chi connectivity index (χ3v) is 3.80. The van der Waals surface area contributed by atoms with Crippen LogP contribution in [0, 0.1) is 5.92 Å². The first-order valence-electron chi connectivity index (χ1n) is 6.15. The van der Waals surface area contributed by atoms with Crippen LogP contribution >= 0.6 is 0 Å². The molecule has 2 N–H and O–H groups in total. The Morgan fingerprint density at radius 2 is 2.07 bits per heavy atom. The number of anilines is 1. The summed E-state index contributed by atoms with van der Waals surface area (Å²) in [5.41, 5.74) is 8.41. The average molecular weight is 203 g/mol. The number of para-hydroxylation sites is 1. The second-order valence-corrected chi connectivity index (χ2v) is 4.77.